The number of carbonyl (C=O) groups is 1. The van der Waals surface area contributed by atoms with E-state index in [9.17, 15) is 4.79 Å². The molecule has 0 fully saturated rings. The Morgan fingerprint density at radius 2 is 1.89 bits per heavy atom. The number of allylic oxidation sites excluding steroid dienone is 1. The maximum Gasteiger partial charge on any atom is 0.234 e. The average Bonchev–Trinajstić information content (AvgIpc) is 3.22. The molecule has 1 aromatic heterocycles. The van der Waals surface area contributed by atoms with Crippen molar-refractivity contribution in [1.82, 2.24) is 14.8 Å². The number of benzene rings is 3. The SMILES string of the molecule is C=CCn1c(COc2ccc3ccccc3c2C)nnc1SCC(=O)Nc1cc(Cl)c(Cl)cc1Cl. The summed E-state index contributed by atoms with van der Waals surface area (Å²) in [4.78, 5) is 12.5. The Morgan fingerprint density at radius 1 is 1.11 bits per heavy atom. The van der Waals surface area contributed by atoms with Crippen LogP contribution in [0, 0.1) is 6.92 Å². The second-order valence-electron chi connectivity index (χ2n) is 7.58. The summed E-state index contributed by atoms with van der Waals surface area (Å²) < 4.78 is 7.95. The second kappa shape index (κ2) is 11.4. The number of ether oxygens (including phenoxy) is 1. The third-order valence-electron chi connectivity index (χ3n) is 5.23. The van der Waals surface area contributed by atoms with Crippen molar-refractivity contribution in [1.29, 1.82) is 0 Å². The molecule has 0 aliphatic carbocycles. The van der Waals surface area contributed by atoms with E-state index < -0.39 is 0 Å². The van der Waals surface area contributed by atoms with E-state index in [1.165, 1.54) is 23.9 Å². The highest BCUT2D eigenvalue weighted by atomic mass is 35.5. The van der Waals surface area contributed by atoms with Gasteiger partial charge in [-0.25, -0.2) is 0 Å². The lowest BCUT2D eigenvalue weighted by molar-refractivity contribution is -0.113. The van der Waals surface area contributed by atoms with E-state index in [4.69, 9.17) is 39.5 Å². The molecule has 0 spiro atoms. The molecule has 0 atom stereocenters. The summed E-state index contributed by atoms with van der Waals surface area (Å²) in [6.45, 7) is 6.56. The Kier molecular flexibility index (Phi) is 8.23. The van der Waals surface area contributed by atoms with E-state index in [2.05, 4.69) is 34.2 Å². The van der Waals surface area contributed by atoms with Gasteiger partial charge in [-0.1, -0.05) is 83.0 Å². The summed E-state index contributed by atoms with van der Waals surface area (Å²) in [6, 6.07) is 15.2. The van der Waals surface area contributed by atoms with Crippen LogP contribution in [0.2, 0.25) is 15.1 Å². The van der Waals surface area contributed by atoms with E-state index in [0.29, 0.717) is 38.3 Å². The topological polar surface area (TPSA) is 69.0 Å². The maximum atomic E-state index is 12.5. The Bertz CT molecular complexity index is 1410. The molecule has 1 heterocycles. The van der Waals surface area contributed by atoms with E-state index >= 15 is 0 Å². The summed E-state index contributed by atoms with van der Waals surface area (Å²) >= 11 is 19.4. The molecule has 1 N–H and O–H groups in total. The Labute approximate surface area is 222 Å². The van der Waals surface area contributed by atoms with E-state index in [0.717, 1.165) is 22.1 Å². The number of amides is 1. The number of fused-ring (bicyclic) bond motifs is 1. The number of carbonyl (C=O) groups excluding carboxylic acids is 1. The van der Waals surface area contributed by atoms with Gasteiger partial charge in [-0.05, 0) is 41.5 Å². The minimum atomic E-state index is -0.270. The predicted octanol–water partition coefficient (Wildman–Crippen LogP) is 7.20. The van der Waals surface area contributed by atoms with Crippen LogP contribution in [0.5, 0.6) is 5.75 Å². The average molecular weight is 548 g/mol. The second-order valence-corrected chi connectivity index (χ2v) is 9.74. The number of nitrogens with zero attached hydrogens (tertiary/aromatic N) is 3. The van der Waals surface area contributed by atoms with Gasteiger partial charge in [-0.3, -0.25) is 9.36 Å². The van der Waals surface area contributed by atoms with Crippen molar-refractivity contribution in [2.75, 3.05) is 11.1 Å². The number of hydrogen-bond acceptors (Lipinski definition) is 5. The van der Waals surface area contributed by atoms with Crippen LogP contribution in [0.3, 0.4) is 0 Å². The zero-order chi connectivity index (χ0) is 24.9. The van der Waals surface area contributed by atoms with Gasteiger partial charge in [0.1, 0.15) is 12.4 Å². The van der Waals surface area contributed by atoms with Crippen molar-refractivity contribution >= 4 is 68.9 Å². The first-order valence-electron chi connectivity index (χ1n) is 10.6. The number of aromatic nitrogens is 3. The molecule has 0 saturated heterocycles. The van der Waals surface area contributed by atoms with E-state index in [1.807, 2.05) is 35.8 Å². The number of halogens is 3. The van der Waals surface area contributed by atoms with Crippen LogP contribution in [0.4, 0.5) is 5.69 Å². The summed E-state index contributed by atoms with van der Waals surface area (Å²) in [5.41, 5.74) is 1.45. The van der Waals surface area contributed by atoms with Crippen LogP contribution in [0.15, 0.2) is 66.3 Å². The van der Waals surface area contributed by atoms with Crippen molar-refractivity contribution < 1.29 is 9.53 Å². The quantitative estimate of drug-likeness (QED) is 0.136. The first-order chi connectivity index (χ1) is 16.9. The van der Waals surface area contributed by atoms with E-state index in [-0.39, 0.29) is 18.3 Å². The summed E-state index contributed by atoms with van der Waals surface area (Å²) in [6.07, 6.45) is 1.74. The fourth-order valence-electron chi connectivity index (χ4n) is 3.49. The fraction of sp³-hybridized carbons (Fsp3) is 0.160. The van der Waals surface area contributed by atoms with Gasteiger partial charge in [0.05, 0.1) is 26.5 Å². The minimum Gasteiger partial charge on any atom is -0.485 e. The third-order valence-corrected chi connectivity index (χ3v) is 7.23. The number of anilines is 1. The number of aryl methyl sites for hydroxylation is 1. The molecule has 0 radical (unpaired) electrons. The molecule has 4 rings (SSSR count). The van der Waals surface area contributed by atoms with Crippen molar-refractivity contribution in [3.05, 3.63) is 87.6 Å². The van der Waals surface area contributed by atoms with E-state index in [1.54, 1.807) is 6.08 Å². The Balaban J connectivity index is 1.43. The van der Waals surface area contributed by atoms with Gasteiger partial charge in [-0.2, -0.15) is 0 Å². The zero-order valence-electron chi connectivity index (χ0n) is 18.7. The van der Waals surface area contributed by atoms with Gasteiger partial charge >= 0.3 is 0 Å². The van der Waals surface area contributed by atoms with Gasteiger partial charge < -0.3 is 10.1 Å². The van der Waals surface area contributed by atoms with Crippen LogP contribution in [0.25, 0.3) is 10.8 Å². The van der Waals surface area contributed by atoms with Crippen LogP contribution in [0.1, 0.15) is 11.4 Å². The normalized spacial score (nSPS) is 11.0. The Hall–Kier alpha value is -2.71. The monoisotopic (exact) mass is 546 g/mol. The van der Waals surface area contributed by atoms with Crippen LogP contribution < -0.4 is 10.1 Å². The first-order valence-corrected chi connectivity index (χ1v) is 12.7. The van der Waals surface area contributed by atoms with Gasteiger partial charge in [0.15, 0.2) is 11.0 Å². The maximum absolute atomic E-state index is 12.5. The van der Waals surface area contributed by atoms with Crippen LogP contribution in [-0.4, -0.2) is 26.4 Å². The summed E-state index contributed by atoms with van der Waals surface area (Å²) in [5, 5.41) is 15.1. The molecular weight excluding hydrogens is 527 g/mol. The number of thioether (sulfide) groups is 1. The highest BCUT2D eigenvalue weighted by molar-refractivity contribution is 7.99. The van der Waals surface area contributed by atoms with Crippen molar-refractivity contribution in [2.45, 2.75) is 25.2 Å². The lowest BCUT2D eigenvalue weighted by Crippen LogP contribution is -2.15. The molecule has 0 unspecified atom stereocenters. The molecule has 4 aromatic rings. The highest BCUT2D eigenvalue weighted by Crippen LogP contribution is 2.32. The van der Waals surface area contributed by atoms with Gasteiger partial charge in [0.2, 0.25) is 5.91 Å². The van der Waals surface area contributed by atoms with Crippen LogP contribution >= 0.6 is 46.6 Å². The summed E-state index contributed by atoms with van der Waals surface area (Å²) in [5.74, 6) is 1.24. The van der Waals surface area contributed by atoms with Crippen molar-refractivity contribution in [3.8, 4) is 5.75 Å². The molecule has 0 bridgehead atoms. The number of hydrogen-bond donors (Lipinski definition) is 1. The molecule has 1 amide bonds. The highest BCUT2D eigenvalue weighted by Gasteiger charge is 2.16. The third kappa shape index (κ3) is 5.93. The Morgan fingerprint density at radius 3 is 2.69 bits per heavy atom. The number of nitrogens with one attached hydrogen (secondary N) is 1. The molecular formula is C25H21Cl3N4O2S. The molecule has 0 aliphatic heterocycles. The lowest BCUT2D eigenvalue weighted by Gasteiger charge is -2.12. The first kappa shape index (κ1) is 25.4. The standard InChI is InChI=1S/C25H21Cl3N4O2S/c1-3-10-32-23(13-34-22-9-8-16-6-4-5-7-17(16)15(22)2)30-31-25(32)35-14-24(33)29-21-12-19(27)18(26)11-20(21)28/h3-9,11-12H,1,10,13-14H2,2H3,(H,29,33). The van der Waals surface area contributed by atoms with Gasteiger partial charge in [0.25, 0.3) is 0 Å². The van der Waals surface area contributed by atoms with Gasteiger partial charge in [-0.15, -0.1) is 16.8 Å². The molecule has 3 aromatic carbocycles. The van der Waals surface area contributed by atoms with Crippen molar-refractivity contribution in [3.63, 3.8) is 0 Å². The number of rotatable bonds is 9. The van der Waals surface area contributed by atoms with Crippen LogP contribution in [-0.2, 0) is 17.9 Å². The largest absolute Gasteiger partial charge is 0.485 e. The minimum absolute atomic E-state index is 0.0937. The predicted molar refractivity (Wildman–Crippen MR) is 144 cm³/mol. The molecule has 6 nitrogen and oxygen atoms in total. The smallest absolute Gasteiger partial charge is 0.234 e. The molecule has 35 heavy (non-hydrogen) atoms. The molecule has 0 saturated carbocycles. The van der Waals surface area contributed by atoms with Gasteiger partial charge in [0, 0.05) is 6.54 Å². The molecule has 10 heteroatoms. The molecule has 180 valence electrons. The molecule has 0 aliphatic rings. The lowest BCUT2D eigenvalue weighted by atomic mass is 10.0. The summed E-state index contributed by atoms with van der Waals surface area (Å²) in [7, 11) is 0. The fourth-order valence-corrected chi connectivity index (χ4v) is 4.85. The zero-order valence-corrected chi connectivity index (χ0v) is 21.8. The van der Waals surface area contributed by atoms with Crippen molar-refractivity contribution in [2.24, 2.45) is 0 Å².